The minimum Gasteiger partial charge on any atom is -0.496 e. The average Bonchev–Trinajstić information content (AvgIpc) is 2.54. The summed E-state index contributed by atoms with van der Waals surface area (Å²) in [5.41, 5.74) is 3.48. The minimum absolute atomic E-state index is 0. The van der Waals surface area contributed by atoms with E-state index in [1.165, 1.54) is 0 Å². The second-order valence-corrected chi connectivity index (χ2v) is 5.08. The van der Waals surface area contributed by atoms with Gasteiger partial charge in [-0.15, -0.1) is 12.4 Å². The molecule has 0 radical (unpaired) electrons. The van der Waals surface area contributed by atoms with Crippen LogP contribution in [0, 0.1) is 6.92 Å². The molecule has 5 heteroatoms. The van der Waals surface area contributed by atoms with Gasteiger partial charge in [0.2, 0.25) is 0 Å². The number of anilines is 1. The first kappa shape index (κ1) is 19.0. The lowest BCUT2D eigenvalue weighted by molar-refractivity contribution is 0.102. The van der Waals surface area contributed by atoms with Gasteiger partial charge in [0.1, 0.15) is 5.75 Å². The van der Waals surface area contributed by atoms with Gasteiger partial charge in [0, 0.05) is 17.8 Å². The van der Waals surface area contributed by atoms with E-state index in [2.05, 4.69) is 17.6 Å². The molecule has 0 saturated heterocycles. The highest BCUT2D eigenvalue weighted by Crippen LogP contribution is 2.21. The van der Waals surface area contributed by atoms with Gasteiger partial charge in [-0.1, -0.05) is 31.2 Å². The summed E-state index contributed by atoms with van der Waals surface area (Å²) >= 11 is 0. The lowest BCUT2D eigenvalue weighted by Gasteiger charge is -2.12. The summed E-state index contributed by atoms with van der Waals surface area (Å²) < 4.78 is 5.27. The van der Waals surface area contributed by atoms with Gasteiger partial charge in [0.15, 0.2) is 0 Å². The molecule has 0 heterocycles. The molecule has 2 aromatic carbocycles. The van der Waals surface area contributed by atoms with Crippen LogP contribution in [0.1, 0.15) is 28.4 Å². The summed E-state index contributed by atoms with van der Waals surface area (Å²) in [7, 11) is 1.61. The van der Waals surface area contributed by atoms with E-state index < -0.39 is 0 Å². The number of hydrogen-bond acceptors (Lipinski definition) is 3. The molecule has 0 aliphatic heterocycles. The third kappa shape index (κ3) is 4.98. The van der Waals surface area contributed by atoms with E-state index in [0.29, 0.717) is 11.3 Å². The zero-order valence-electron chi connectivity index (χ0n) is 13.7. The summed E-state index contributed by atoms with van der Waals surface area (Å²) in [6, 6.07) is 13.3. The van der Waals surface area contributed by atoms with Crippen LogP contribution in [0.2, 0.25) is 0 Å². The summed E-state index contributed by atoms with van der Waals surface area (Å²) in [5.74, 6) is 0.579. The second-order valence-electron chi connectivity index (χ2n) is 5.08. The Bertz CT molecular complexity index is 659. The third-order valence-electron chi connectivity index (χ3n) is 3.50. The first-order valence-electron chi connectivity index (χ1n) is 7.40. The maximum Gasteiger partial charge on any atom is 0.255 e. The van der Waals surface area contributed by atoms with Crippen LogP contribution in [0.25, 0.3) is 0 Å². The van der Waals surface area contributed by atoms with Gasteiger partial charge in [0.05, 0.1) is 7.11 Å². The molecule has 0 bridgehead atoms. The van der Waals surface area contributed by atoms with Gasteiger partial charge >= 0.3 is 0 Å². The van der Waals surface area contributed by atoms with Gasteiger partial charge in [-0.25, -0.2) is 0 Å². The topological polar surface area (TPSA) is 50.4 Å². The molecule has 0 spiro atoms. The number of carbonyl (C=O) groups is 1. The Hall–Kier alpha value is -2.04. The average molecular weight is 335 g/mol. The monoisotopic (exact) mass is 334 g/mol. The van der Waals surface area contributed by atoms with Crippen LogP contribution in [0.5, 0.6) is 5.75 Å². The molecule has 0 aromatic heterocycles. The van der Waals surface area contributed by atoms with Crippen molar-refractivity contribution in [3.05, 3.63) is 59.2 Å². The number of benzene rings is 2. The molecule has 2 rings (SSSR count). The van der Waals surface area contributed by atoms with E-state index in [1.807, 2.05) is 37.3 Å². The Morgan fingerprint density at radius 3 is 2.61 bits per heavy atom. The Labute approximate surface area is 143 Å². The van der Waals surface area contributed by atoms with Crippen molar-refractivity contribution < 1.29 is 9.53 Å². The van der Waals surface area contributed by atoms with Gasteiger partial charge in [-0.3, -0.25) is 4.79 Å². The summed E-state index contributed by atoms with van der Waals surface area (Å²) in [4.78, 5) is 12.4. The molecule has 0 aliphatic carbocycles. The largest absolute Gasteiger partial charge is 0.496 e. The minimum atomic E-state index is -0.137. The van der Waals surface area contributed by atoms with Crippen molar-refractivity contribution in [2.45, 2.75) is 20.4 Å². The number of para-hydroxylation sites is 1. The summed E-state index contributed by atoms with van der Waals surface area (Å²) in [5, 5.41) is 6.24. The first-order valence-corrected chi connectivity index (χ1v) is 7.40. The molecule has 0 fully saturated rings. The first-order chi connectivity index (χ1) is 10.7. The maximum atomic E-state index is 12.4. The van der Waals surface area contributed by atoms with E-state index in [1.54, 1.807) is 19.2 Å². The van der Waals surface area contributed by atoms with Crippen LogP contribution < -0.4 is 15.4 Å². The highest BCUT2D eigenvalue weighted by Gasteiger charge is 2.10. The Morgan fingerprint density at radius 1 is 1.17 bits per heavy atom. The number of nitrogens with one attached hydrogen (secondary N) is 2. The molecule has 1 amide bonds. The number of halogens is 1. The highest BCUT2D eigenvalue weighted by molar-refractivity contribution is 6.05. The molecule has 0 atom stereocenters. The lowest BCUT2D eigenvalue weighted by atomic mass is 10.1. The Kier molecular flexibility index (Phi) is 7.59. The van der Waals surface area contributed by atoms with Gasteiger partial charge in [-0.2, -0.15) is 0 Å². The van der Waals surface area contributed by atoms with Crippen LogP contribution in [-0.2, 0) is 6.54 Å². The van der Waals surface area contributed by atoms with Crippen molar-refractivity contribution in [3.63, 3.8) is 0 Å². The summed E-state index contributed by atoms with van der Waals surface area (Å²) in [6.07, 6.45) is 0. The predicted octanol–water partition coefficient (Wildman–Crippen LogP) is 3.79. The van der Waals surface area contributed by atoms with Crippen molar-refractivity contribution >= 4 is 24.0 Å². The predicted molar refractivity (Wildman–Crippen MR) is 96.8 cm³/mol. The second kappa shape index (κ2) is 9.18. The number of aryl methyl sites for hydroxylation is 1. The smallest absolute Gasteiger partial charge is 0.255 e. The van der Waals surface area contributed by atoms with E-state index in [9.17, 15) is 4.79 Å². The van der Waals surface area contributed by atoms with Gasteiger partial charge in [-0.05, 0) is 42.8 Å². The van der Waals surface area contributed by atoms with Crippen LogP contribution >= 0.6 is 12.4 Å². The van der Waals surface area contributed by atoms with Gasteiger partial charge in [0.25, 0.3) is 5.91 Å². The van der Waals surface area contributed by atoms with E-state index in [-0.39, 0.29) is 18.3 Å². The fraction of sp³-hybridized carbons (Fsp3) is 0.278. The van der Waals surface area contributed by atoms with Crippen molar-refractivity contribution in [1.29, 1.82) is 0 Å². The Balaban J connectivity index is 0.00000264. The molecule has 0 saturated carbocycles. The molecule has 23 heavy (non-hydrogen) atoms. The number of carbonyl (C=O) groups excluding carboxylic acids is 1. The maximum absolute atomic E-state index is 12.4. The number of amides is 1. The van der Waals surface area contributed by atoms with Gasteiger partial charge < -0.3 is 15.4 Å². The van der Waals surface area contributed by atoms with Crippen molar-refractivity contribution in [2.75, 3.05) is 19.0 Å². The molecular weight excluding hydrogens is 312 g/mol. The molecule has 0 unspecified atom stereocenters. The van der Waals surface area contributed by atoms with Crippen molar-refractivity contribution in [3.8, 4) is 5.75 Å². The number of ether oxygens (including phenoxy) is 1. The zero-order chi connectivity index (χ0) is 15.9. The highest BCUT2D eigenvalue weighted by atomic mass is 35.5. The van der Waals surface area contributed by atoms with Crippen LogP contribution in [0.15, 0.2) is 42.5 Å². The van der Waals surface area contributed by atoms with Crippen LogP contribution in [-0.4, -0.2) is 19.6 Å². The molecule has 0 aliphatic rings. The molecule has 2 aromatic rings. The molecule has 4 nitrogen and oxygen atoms in total. The van der Waals surface area contributed by atoms with E-state index in [0.717, 1.165) is 29.9 Å². The number of methoxy groups -OCH3 is 1. The summed E-state index contributed by atoms with van der Waals surface area (Å²) in [6.45, 7) is 5.62. The van der Waals surface area contributed by atoms with Crippen molar-refractivity contribution in [1.82, 2.24) is 5.32 Å². The molecule has 2 N–H and O–H groups in total. The standard InChI is InChI=1S/C18H22N2O2.ClH/c1-4-19-12-15-7-5-6-8-16(15)20-18(21)14-10-9-13(2)17(11-14)22-3;/h5-11,19H,4,12H2,1-3H3,(H,20,21);1H. The van der Waals surface area contributed by atoms with Crippen molar-refractivity contribution in [2.24, 2.45) is 0 Å². The van der Waals surface area contributed by atoms with E-state index in [4.69, 9.17) is 4.74 Å². The SMILES string of the molecule is CCNCc1ccccc1NC(=O)c1ccc(C)c(OC)c1.Cl. The molecule has 124 valence electrons. The third-order valence-corrected chi connectivity index (χ3v) is 3.50. The normalized spacial score (nSPS) is 9.87. The number of hydrogen-bond donors (Lipinski definition) is 2. The number of rotatable bonds is 6. The molecular formula is C18H23ClN2O2. The van der Waals surface area contributed by atoms with Crippen LogP contribution in [0.3, 0.4) is 0 Å². The fourth-order valence-electron chi connectivity index (χ4n) is 2.21. The zero-order valence-corrected chi connectivity index (χ0v) is 14.5. The lowest BCUT2D eigenvalue weighted by Crippen LogP contribution is -2.17. The Morgan fingerprint density at radius 2 is 1.91 bits per heavy atom. The van der Waals surface area contributed by atoms with E-state index >= 15 is 0 Å². The van der Waals surface area contributed by atoms with Crippen LogP contribution in [0.4, 0.5) is 5.69 Å². The fourth-order valence-corrected chi connectivity index (χ4v) is 2.21. The quantitative estimate of drug-likeness (QED) is 0.845.